The number of nitrogens with zero attached hydrogens (tertiary/aromatic N) is 1. The van der Waals surface area contributed by atoms with Crippen LogP contribution < -0.4 is 14.4 Å². The molecule has 0 unspecified atom stereocenters. The molecule has 1 N–H and O–H groups in total. The van der Waals surface area contributed by atoms with Crippen LogP contribution in [0, 0.1) is 13.8 Å². The number of carbonyl (C=O) groups is 1. The predicted molar refractivity (Wildman–Crippen MR) is 114 cm³/mol. The first kappa shape index (κ1) is 22.0. The van der Waals surface area contributed by atoms with Crippen molar-refractivity contribution in [3.05, 3.63) is 52.5 Å². The van der Waals surface area contributed by atoms with Crippen LogP contribution in [0.4, 0.5) is 11.4 Å². The first-order chi connectivity index (χ1) is 13.1. The number of anilines is 2. The summed E-state index contributed by atoms with van der Waals surface area (Å²) >= 11 is 6.09. The van der Waals surface area contributed by atoms with Gasteiger partial charge in [0.1, 0.15) is 11.8 Å². The van der Waals surface area contributed by atoms with Crippen LogP contribution in [0.15, 0.2) is 36.4 Å². The minimum atomic E-state index is -3.80. The molecule has 2 aromatic rings. The fourth-order valence-corrected chi connectivity index (χ4v) is 4.46. The van der Waals surface area contributed by atoms with Crippen LogP contribution in [0.25, 0.3) is 0 Å². The molecule has 0 heterocycles. The van der Waals surface area contributed by atoms with Crippen LogP contribution in [0.2, 0.25) is 5.02 Å². The Labute approximate surface area is 171 Å². The van der Waals surface area contributed by atoms with Gasteiger partial charge in [-0.2, -0.15) is 0 Å². The molecule has 6 nitrogen and oxygen atoms in total. The van der Waals surface area contributed by atoms with E-state index in [1.807, 2.05) is 32.0 Å². The molecule has 0 saturated carbocycles. The topological polar surface area (TPSA) is 75.7 Å². The molecule has 0 saturated heterocycles. The molecular weight excluding hydrogens is 400 g/mol. The van der Waals surface area contributed by atoms with Gasteiger partial charge >= 0.3 is 0 Å². The van der Waals surface area contributed by atoms with Gasteiger partial charge in [0, 0.05) is 10.7 Å². The quantitative estimate of drug-likeness (QED) is 0.724. The minimum absolute atomic E-state index is 0.223. The number of hydrogen-bond donors (Lipinski definition) is 1. The van der Waals surface area contributed by atoms with Crippen LogP contribution in [0.5, 0.6) is 5.75 Å². The molecule has 0 bridgehead atoms. The van der Waals surface area contributed by atoms with E-state index in [2.05, 4.69) is 5.32 Å². The SMILES string of the molecule is CC[C@H](C(=O)Nc1c(C)cccc1C)N(c1cc(Cl)ccc1OC)S(C)(=O)=O. The summed E-state index contributed by atoms with van der Waals surface area (Å²) in [7, 11) is -2.37. The Bertz CT molecular complexity index is 956. The van der Waals surface area contributed by atoms with Crippen molar-refractivity contribution < 1.29 is 17.9 Å². The lowest BCUT2D eigenvalue weighted by atomic mass is 10.1. The summed E-state index contributed by atoms with van der Waals surface area (Å²) in [5.74, 6) is -0.111. The highest BCUT2D eigenvalue weighted by atomic mass is 35.5. The number of amides is 1. The second-order valence-corrected chi connectivity index (χ2v) is 8.85. The van der Waals surface area contributed by atoms with Crippen LogP contribution in [0.1, 0.15) is 24.5 Å². The Morgan fingerprint density at radius 3 is 2.32 bits per heavy atom. The largest absolute Gasteiger partial charge is 0.495 e. The van der Waals surface area contributed by atoms with Gasteiger partial charge in [0.15, 0.2) is 0 Å². The molecule has 0 aliphatic heterocycles. The Morgan fingerprint density at radius 1 is 1.21 bits per heavy atom. The van der Waals surface area contributed by atoms with Crippen molar-refractivity contribution in [2.45, 2.75) is 33.2 Å². The van der Waals surface area contributed by atoms with Gasteiger partial charge in [0.05, 0.1) is 19.1 Å². The van der Waals surface area contributed by atoms with E-state index in [1.54, 1.807) is 19.1 Å². The standard InChI is InChI=1S/C20H25ClN2O4S/c1-6-16(20(24)22-19-13(2)8-7-9-14(19)3)23(28(5,25)26)17-12-15(21)10-11-18(17)27-4/h7-12,16H,6H2,1-5H3,(H,22,24)/t16-/m1/s1. The highest BCUT2D eigenvalue weighted by Gasteiger charge is 2.34. The van der Waals surface area contributed by atoms with E-state index in [-0.39, 0.29) is 12.1 Å². The fraction of sp³-hybridized carbons (Fsp3) is 0.350. The highest BCUT2D eigenvalue weighted by Crippen LogP contribution is 2.35. The number of hydrogen-bond acceptors (Lipinski definition) is 4. The molecule has 8 heteroatoms. The maximum Gasteiger partial charge on any atom is 0.248 e. The van der Waals surface area contributed by atoms with Gasteiger partial charge in [-0.3, -0.25) is 9.10 Å². The van der Waals surface area contributed by atoms with Crippen molar-refractivity contribution in [3.63, 3.8) is 0 Å². The monoisotopic (exact) mass is 424 g/mol. The number of sulfonamides is 1. The molecular formula is C20H25ClN2O4S. The molecule has 1 atom stereocenters. The lowest BCUT2D eigenvalue weighted by molar-refractivity contribution is -0.117. The molecule has 0 aliphatic rings. The predicted octanol–water partition coefficient (Wildman–Crippen LogP) is 4.15. The van der Waals surface area contributed by atoms with Gasteiger partial charge in [-0.15, -0.1) is 0 Å². The van der Waals surface area contributed by atoms with Crippen molar-refractivity contribution in [3.8, 4) is 5.75 Å². The first-order valence-corrected chi connectivity index (χ1v) is 11.0. The molecule has 152 valence electrons. The molecule has 0 fully saturated rings. The summed E-state index contributed by atoms with van der Waals surface area (Å²) in [6, 6.07) is 9.36. The number of benzene rings is 2. The van der Waals surface area contributed by atoms with Gasteiger partial charge in [0.2, 0.25) is 15.9 Å². The maximum absolute atomic E-state index is 13.1. The van der Waals surface area contributed by atoms with Gasteiger partial charge in [-0.1, -0.05) is 36.7 Å². The number of aryl methyl sites for hydroxylation is 2. The lowest BCUT2D eigenvalue weighted by Crippen LogP contribution is -2.47. The third-order valence-corrected chi connectivity index (χ3v) is 5.84. The second kappa shape index (κ2) is 8.84. The van der Waals surface area contributed by atoms with Gasteiger partial charge < -0.3 is 10.1 Å². The minimum Gasteiger partial charge on any atom is -0.495 e. The molecule has 0 aliphatic carbocycles. The van der Waals surface area contributed by atoms with E-state index in [0.29, 0.717) is 16.5 Å². The van der Waals surface area contributed by atoms with E-state index < -0.39 is 22.0 Å². The fourth-order valence-electron chi connectivity index (χ4n) is 3.09. The van der Waals surface area contributed by atoms with Crippen LogP contribution in [-0.2, 0) is 14.8 Å². The summed E-state index contributed by atoms with van der Waals surface area (Å²) in [6.07, 6.45) is 1.32. The van der Waals surface area contributed by atoms with E-state index in [4.69, 9.17) is 16.3 Å². The second-order valence-electron chi connectivity index (χ2n) is 6.56. The van der Waals surface area contributed by atoms with Crippen molar-refractivity contribution in [1.82, 2.24) is 0 Å². The van der Waals surface area contributed by atoms with Crippen molar-refractivity contribution >= 4 is 38.9 Å². The summed E-state index contributed by atoms with van der Waals surface area (Å²) < 4.78 is 31.7. The smallest absolute Gasteiger partial charge is 0.248 e. The Balaban J connectivity index is 2.53. The summed E-state index contributed by atoms with van der Waals surface area (Å²) in [4.78, 5) is 13.1. The lowest BCUT2D eigenvalue weighted by Gasteiger charge is -2.31. The summed E-state index contributed by atoms with van der Waals surface area (Å²) in [6.45, 7) is 5.53. The number of nitrogens with one attached hydrogen (secondary N) is 1. The zero-order chi connectivity index (χ0) is 21.1. The van der Waals surface area contributed by atoms with E-state index in [1.165, 1.54) is 13.2 Å². The van der Waals surface area contributed by atoms with Crippen LogP contribution in [-0.4, -0.2) is 33.7 Å². The highest BCUT2D eigenvalue weighted by molar-refractivity contribution is 7.92. The third kappa shape index (κ3) is 4.77. The van der Waals surface area contributed by atoms with E-state index in [0.717, 1.165) is 21.7 Å². The van der Waals surface area contributed by atoms with Crippen LogP contribution in [0.3, 0.4) is 0 Å². The Hall–Kier alpha value is -2.25. The Kier molecular flexibility index (Phi) is 6.96. The summed E-state index contributed by atoms with van der Waals surface area (Å²) in [5.41, 5.74) is 2.70. The number of carbonyl (C=O) groups excluding carboxylic acids is 1. The molecule has 2 rings (SSSR count). The van der Waals surface area contributed by atoms with E-state index >= 15 is 0 Å². The number of para-hydroxylation sites is 1. The van der Waals surface area contributed by atoms with Crippen LogP contribution >= 0.6 is 11.6 Å². The number of halogens is 1. The average molecular weight is 425 g/mol. The Morgan fingerprint density at radius 2 is 1.82 bits per heavy atom. The van der Waals surface area contributed by atoms with E-state index in [9.17, 15) is 13.2 Å². The number of methoxy groups -OCH3 is 1. The van der Waals surface area contributed by atoms with Gasteiger partial charge in [-0.05, 0) is 49.6 Å². The third-order valence-electron chi connectivity index (χ3n) is 4.44. The molecule has 1 amide bonds. The average Bonchev–Trinajstić information content (AvgIpc) is 2.61. The molecule has 2 aromatic carbocycles. The van der Waals surface area contributed by atoms with Crippen molar-refractivity contribution in [2.75, 3.05) is 23.0 Å². The molecule has 28 heavy (non-hydrogen) atoms. The summed E-state index contributed by atoms with van der Waals surface area (Å²) in [5, 5.41) is 3.23. The van der Waals surface area contributed by atoms with Gasteiger partial charge in [-0.25, -0.2) is 8.42 Å². The molecule has 0 aromatic heterocycles. The maximum atomic E-state index is 13.1. The number of ether oxygens (including phenoxy) is 1. The number of rotatable bonds is 7. The first-order valence-electron chi connectivity index (χ1n) is 8.80. The molecule has 0 spiro atoms. The normalized spacial score (nSPS) is 12.4. The van der Waals surface area contributed by atoms with Crippen molar-refractivity contribution in [2.24, 2.45) is 0 Å². The molecule has 0 radical (unpaired) electrons. The van der Waals surface area contributed by atoms with Crippen molar-refractivity contribution in [1.29, 1.82) is 0 Å². The zero-order valence-electron chi connectivity index (χ0n) is 16.6. The van der Waals surface area contributed by atoms with Gasteiger partial charge in [0.25, 0.3) is 0 Å². The zero-order valence-corrected chi connectivity index (χ0v) is 18.2.